The van der Waals surface area contributed by atoms with Crippen LogP contribution in [-0.4, -0.2) is 25.5 Å². The molecule has 3 rings (SSSR count). The number of fused-ring (bicyclic) bond motifs is 1. The SMILES string of the molecule is Cc1ccccc1C(=O)Nc1sc2c(c1C(=O)[O-])CC[NH+](C)C2. The first kappa shape index (κ1) is 15.7. The van der Waals surface area contributed by atoms with E-state index < -0.39 is 5.97 Å². The molecule has 0 fully saturated rings. The van der Waals surface area contributed by atoms with Gasteiger partial charge in [-0.1, -0.05) is 18.2 Å². The van der Waals surface area contributed by atoms with E-state index in [-0.39, 0.29) is 11.5 Å². The highest BCUT2D eigenvalue weighted by atomic mass is 32.1. The number of benzene rings is 1. The second kappa shape index (κ2) is 6.14. The van der Waals surface area contributed by atoms with E-state index in [4.69, 9.17) is 0 Å². The van der Waals surface area contributed by atoms with Gasteiger partial charge in [-0.05, 0) is 24.1 Å². The molecular weight excluding hydrogens is 312 g/mol. The number of aryl methyl sites for hydroxylation is 1. The number of nitrogens with one attached hydrogen (secondary N) is 2. The van der Waals surface area contributed by atoms with Crippen molar-refractivity contribution in [2.75, 3.05) is 18.9 Å². The van der Waals surface area contributed by atoms with Gasteiger partial charge in [0, 0.05) is 17.5 Å². The summed E-state index contributed by atoms with van der Waals surface area (Å²) >= 11 is 1.35. The first-order chi connectivity index (χ1) is 11.0. The number of hydrogen-bond acceptors (Lipinski definition) is 4. The predicted octanol–water partition coefficient (Wildman–Crippen LogP) is 0.243. The van der Waals surface area contributed by atoms with Crippen molar-refractivity contribution in [2.45, 2.75) is 19.9 Å². The highest BCUT2D eigenvalue weighted by Crippen LogP contribution is 2.34. The van der Waals surface area contributed by atoms with E-state index in [0.29, 0.717) is 17.0 Å². The fourth-order valence-electron chi connectivity index (χ4n) is 2.92. The van der Waals surface area contributed by atoms with Gasteiger partial charge >= 0.3 is 0 Å². The summed E-state index contributed by atoms with van der Waals surface area (Å²) in [6.45, 7) is 3.52. The molecule has 0 aliphatic carbocycles. The Morgan fingerprint density at radius 1 is 1.30 bits per heavy atom. The van der Waals surface area contributed by atoms with Gasteiger partial charge in [-0.15, -0.1) is 11.3 Å². The average Bonchev–Trinajstić information content (AvgIpc) is 2.84. The first-order valence-corrected chi connectivity index (χ1v) is 8.33. The lowest BCUT2D eigenvalue weighted by Gasteiger charge is -2.20. The Morgan fingerprint density at radius 3 is 2.74 bits per heavy atom. The Labute approximate surface area is 138 Å². The Morgan fingerprint density at radius 2 is 2.04 bits per heavy atom. The molecule has 0 spiro atoms. The van der Waals surface area contributed by atoms with Crippen LogP contribution in [0.3, 0.4) is 0 Å². The van der Waals surface area contributed by atoms with Crippen LogP contribution in [0.25, 0.3) is 0 Å². The van der Waals surface area contributed by atoms with Crippen molar-refractivity contribution in [3.05, 3.63) is 51.4 Å². The third kappa shape index (κ3) is 3.00. The predicted molar refractivity (Wildman–Crippen MR) is 86.9 cm³/mol. The van der Waals surface area contributed by atoms with Gasteiger partial charge in [-0.3, -0.25) is 4.79 Å². The number of carboxylic acid groups (broad SMARTS) is 1. The molecule has 120 valence electrons. The molecule has 23 heavy (non-hydrogen) atoms. The molecule has 2 heterocycles. The van der Waals surface area contributed by atoms with Crippen LogP contribution in [0.1, 0.15) is 36.7 Å². The lowest BCUT2D eigenvalue weighted by molar-refractivity contribution is -0.895. The average molecular weight is 330 g/mol. The molecule has 0 radical (unpaired) electrons. The topological polar surface area (TPSA) is 73.7 Å². The van der Waals surface area contributed by atoms with Gasteiger partial charge in [-0.25, -0.2) is 0 Å². The maximum absolute atomic E-state index is 12.5. The number of thiophene rings is 1. The largest absolute Gasteiger partial charge is 0.545 e. The number of carboxylic acids is 1. The Hall–Kier alpha value is -2.18. The maximum Gasteiger partial charge on any atom is 0.256 e. The van der Waals surface area contributed by atoms with Crippen molar-refractivity contribution < 1.29 is 19.6 Å². The molecule has 0 saturated heterocycles. The van der Waals surface area contributed by atoms with E-state index in [2.05, 4.69) is 12.4 Å². The fraction of sp³-hybridized carbons (Fsp3) is 0.294. The zero-order chi connectivity index (χ0) is 16.6. The van der Waals surface area contributed by atoms with E-state index in [9.17, 15) is 14.7 Å². The minimum absolute atomic E-state index is 0.152. The Bertz CT molecular complexity index is 782. The molecule has 1 amide bonds. The van der Waals surface area contributed by atoms with Gasteiger partial charge < -0.3 is 20.1 Å². The number of hydrogen-bond donors (Lipinski definition) is 2. The molecule has 1 aromatic carbocycles. The van der Waals surface area contributed by atoms with Crippen LogP contribution < -0.4 is 15.3 Å². The summed E-state index contributed by atoms with van der Waals surface area (Å²) in [7, 11) is 2.08. The summed E-state index contributed by atoms with van der Waals surface area (Å²) in [6, 6.07) is 7.24. The summed E-state index contributed by atoms with van der Waals surface area (Å²) in [5, 5.41) is 14.7. The normalized spacial score (nSPS) is 16.7. The number of carbonyl (C=O) groups is 2. The second-order valence-corrected chi connectivity index (χ2v) is 7.00. The highest BCUT2D eigenvalue weighted by molar-refractivity contribution is 7.17. The second-order valence-electron chi connectivity index (χ2n) is 5.90. The van der Waals surface area contributed by atoms with Crippen molar-refractivity contribution >= 4 is 28.2 Å². The van der Waals surface area contributed by atoms with Gasteiger partial charge in [0.1, 0.15) is 11.5 Å². The van der Waals surface area contributed by atoms with Crippen LogP contribution in [0.5, 0.6) is 0 Å². The molecule has 5 nitrogen and oxygen atoms in total. The standard InChI is InChI=1S/C17H18N2O3S/c1-10-5-3-4-6-11(10)15(20)18-16-14(17(21)22)12-7-8-19(2)9-13(12)23-16/h3-6H,7-9H2,1-2H3,(H,18,20)(H,21,22). The summed E-state index contributed by atoms with van der Waals surface area (Å²) in [4.78, 5) is 26.4. The molecule has 1 aliphatic heterocycles. The summed E-state index contributed by atoms with van der Waals surface area (Å²) in [5.41, 5.74) is 2.37. The third-order valence-electron chi connectivity index (χ3n) is 4.18. The molecule has 1 unspecified atom stereocenters. The molecule has 1 aliphatic rings. The van der Waals surface area contributed by atoms with Gasteiger partial charge in [0.2, 0.25) is 0 Å². The summed E-state index contributed by atoms with van der Waals surface area (Å²) < 4.78 is 0. The van der Waals surface area contributed by atoms with E-state index >= 15 is 0 Å². The van der Waals surface area contributed by atoms with Crippen LogP contribution in [0.2, 0.25) is 0 Å². The van der Waals surface area contributed by atoms with E-state index in [1.54, 1.807) is 12.1 Å². The van der Waals surface area contributed by atoms with E-state index in [1.165, 1.54) is 16.2 Å². The Kier molecular flexibility index (Phi) is 4.19. The van der Waals surface area contributed by atoms with Crippen molar-refractivity contribution in [1.82, 2.24) is 0 Å². The van der Waals surface area contributed by atoms with Crippen molar-refractivity contribution in [1.29, 1.82) is 0 Å². The van der Waals surface area contributed by atoms with Crippen molar-refractivity contribution in [2.24, 2.45) is 0 Å². The lowest BCUT2D eigenvalue weighted by Crippen LogP contribution is -3.08. The molecule has 1 atom stereocenters. The third-order valence-corrected chi connectivity index (χ3v) is 5.32. The van der Waals surface area contributed by atoms with Gasteiger partial charge in [0.25, 0.3) is 5.91 Å². The number of likely N-dealkylation sites (N-methyl/N-ethyl adjacent to an activating group) is 1. The van der Waals surface area contributed by atoms with Gasteiger partial charge in [0.05, 0.1) is 24.4 Å². The monoisotopic (exact) mass is 330 g/mol. The molecule has 0 saturated carbocycles. The lowest BCUT2D eigenvalue weighted by atomic mass is 10.0. The number of amides is 1. The Balaban J connectivity index is 1.96. The molecule has 2 aromatic rings. The van der Waals surface area contributed by atoms with Crippen LogP contribution >= 0.6 is 11.3 Å². The highest BCUT2D eigenvalue weighted by Gasteiger charge is 2.26. The van der Waals surface area contributed by atoms with Crippen molar-refractivity contribution in [3.63, 3.8) is 0 Å². The van der Waals surface area contributed by atoms with Crippen LogP contribution in [0.4, 0.5) is 5.00 Å². The first-order valence-electron chi connectivity index (χ1n) is 7.51. The maximum atomic E-state index is 12.5. The molecule has 1 aromatic heterocycles. The number of aromatic carboxylic acids is 1. The number of quaternary nitrogens is 1. The molecular formula is C17H18N2O3S. The summed E-state index contributed by atoms with van der Waals surface area (Å²) in [6.07, 6.45) is 0.696. The zero-order valence-electron chi connectivity index (χ0n) is 13.1. The van der Waals surface area contributed by atoms with Crippen molar-refractivity contribution in [3.8, 4) is 0 Å². The number of carbonyl (C=O) groups excluding carboxylic acids is 2. The minimum Gasteiger partial charge on any atom is -0.545 e. The minimum atomic E-state index is -1.22. The zero-order valence-corrected chi connectivity index (χ0v) is 13.9. The van der Waals surface area contributed by atoms with Gasteiger partial charge in [-0.2, -0.15) is 0 Å². The van der Waals surface area contributed by atoms with Crippen LogP contribution in [-0.2, 0) is 13.0 Å². The molecule has 2 N–H and O–H groups in total. The molecule has 0 bridgehead atoms. The van der Waals surface area contributed by atoms with Gasteiger partial charge in [0.15, 0.2) is 0 Å². The quantitative estimate of drug-likeness (QED) is 0.847. The fourth-order valence-corrected chi connectivity index (χ4v) is 4.27. The van der Waals surface area contributed by atoms with Crippen LogP contribution in [0.15, 0.2) is 24.3 Å². The van der Waals surface area contributed by atoms with E-state index in [1.807, 2.05) is 19.1 Å². The summed E-state index contributed by atoms with van der Waals surface area (Å²) in [5.74, 6) is -1.51. The number of anilines is 1. The van der Waals surface area contributed by atoms with E-state index in [0.717, 1.165) is 29.1 Å². The smallest absolute Gasteiger partial charge is 0.256 e. The number of rotatable bonds is 3. The van der Waals surface area contributed by atoms with Crippen LogP contribution in [0, 0.1) is 6.92 Å². The molecule has 6 heteroatoms.